The Bertz CT molecular complexity index is 718. The zero-order valence-electron chi connectivity index (χ0n) is 10.5. The van der Waals surface area contributed by atoms with Crippen LogP contribution >= 0.6 is 22.9 Å². The highest BCUT2D eigenvalue weighted by Gasteiger charge is 2.03. The van der Waals surface area contributed by atoms with Gasteiger partial charge in [0.15, 0.2) is 0 Å². The molecule has 0 spiro atoms. The summed E-state index contributed by atoms with van der Waals surface area (Å²) in [5.74, 6) is 0.912. The van der Waals surface area contributed by atoms with Crippen LogP contribution in [0.25, 0.3) is 10.1 Å². The van der Waals surface area contributed by atoms with Gasteiger partial charge in [-0.15, -0.1) is 11.3 Å². The number of thiophene rings is 1. The van der Waals surface area contributed by atoms with E-state index in [1.54, 1.807) is 11.3 Å². The molecule has 0 saturated heterocycles. The largest absolute Gasteiger partial charge is 0.488 e. The second kappa shape index (κ2) is 5.24. The summed E-state index contributed by atoms with van der Waals surface area (Å²) in [4.78, 5) is 1.21. The minimum absolute atomic E-state index is 0.598. The quantitative estimate of drug-likeness (QED) is 0.623. The Morgan fingerprint density at radius 1 is 1.11 bits per heavy atom. The van der Waals surface area contributed by atoms with Crippen LogP contribution in [0.3, 0.4) is 0 Å². The van der Waals surface area contributed by atoms with Gasteiger partial charge in [-0.2, -0.15) is 0 Å². The van der Waals surface area contributed by atoms with Crippen LogP contribution < -0.4 is 4.74 Å². The average molecular weight is 289 g/mol. The van der Waals surface area contributed by atoms with Gasteiger partial charge in [0, 0.05) is 14.6 Å². The number of aryl methyl sites for hydroxylation is 1. The number of hydrogen-bond donors (Lipinski definition) is 0. The highest BCUT2D eigenvalue weighted by atomic mass is 35.5. The van der Waals surface area contributed by atoms with Crippen LogP contribution in [0.4, 0.5) is 0 Å². The fraction of sp³-hybridized carbons (Fsp3) is 0.125. The summed E-state index contributed by atoms with van der Waals surface area (Å²) in [6.45, 7) is 2.66. The monoisotopic (exact) mass is 288 g/mol. The predicted octanol–water partition coefficient (Wildman–Crippen LogP) is 5.44. The fourth-order valence-electron chi connectivity index (χ4n) is 1.99. The molecule has 0 amide bonds. The van der Waals surface area contributed by atoms with Crippen molar-refractivity contribution in [2.24, 2.45) is 0 Å². The summed E-state index contributed by atoms with van der Waals surface area (Å²) in [5, 5.41) is 2.00. The van der Waals surface area contributed by atoms with Gasteiger partial charge in [-0.05, 0) is 48.2 Å². The number of rotatable bonds is 3. The first kappa shape index (κ1) is 12.5. The zero-order chi connectivity index (χ0) is 13.2. The Labute approximate surface area is 121 Å². The van der Waals surface area contributed by atoms with E-state index < -0.39 is 0 Å². The minimum Gasteiger partial charge on any atom is -0.488 e. The first-order valence-electron chi connectivity index (χ1n) is 6.08. The molecule has 19 heavy (non-hydrogen) atoms. The molecule has 0 aliphatic rings. The Morgan fingerprint density at radius 3 is 2.84 bits per heavy atom. The van der Waals surface area contributed by atoms with Crippen LogP contribution in [0.15, 0.2) is 48.5 Å². The van der Waals surface area contributed by atoms with Crippen molar-refractivity contribution in [3.8, 4) is 5.75 Å². The fourth-order valence-corrected chi connectivity index (χ4v) is 3.24. The minimum atomic E-state index is 0.598. The zero-order valence-corrected chi connectivity index (χ0v) is 12.1. The maximum atomic E-state index is 5.99. The molecule has 0 atom stereocenters. The van der Waals surface area contributed by atoms with Crippen molar-refractivity contribution in [3.05, 3.63) is 64.0 Å². The van der Waals surface area contributed by atoms with E-state index in [0.717, 1.165) is 10.8 Å². The van der Waals surface area contributed by atoms with Crippen molar-refractivity contribution >= 4 is 33.0 Å². The van der Waals surface area contributed by atoms with E-state index in [4.69, 9.17) is 16.3 Å². The Morgan fingerprint density at radius 2 is 2.00 bits per heavy atom. The van der Waals surface area contributed by atoms with Gasteiger partial charge in [0.2, 0.25) is 0 Å². The lowest BCUT2D eigenvalue weighted by Gasteiger charge is -2.04. The van der Waals surface area contributed by atoms with E-state index in [9.17, 15) is 0 Å². The molecule has 1 nitrogen and oxygen atoms in total. The van der Waals surface area contributed by atoms with Gasteiger partial charge in [0.05, 0.1) is 0 Å². The third-order valence-electron chi connectivity index (χ3n) is 2.90. The van der Waals surface area contributed by atoms with E-state index >= 15 is 0 Å². The molecule has 3 aromatic rings. The highest BCUT2D eigenvalue weighted by molar-refractivity contribution is 7.19. The summed E-state index contributed by atoms with van der Waals surface area (Å²) in [7, 11) is 0. The van der Waals surface area contributed by atoms with Crippen LogP contribution in [0.1, 0.15) is 10.4 Å². The van der Waals surface area contributed by atoms with E-state index in [-0.39, 0.29) is 0 Å². The molecule has 0 fully saturated rings. The molecule has 0 aliphatic carbocycles. The first-order valence-corrected chi connectivity index (χ1v) is 7.27. The van der Waals surface area contributed by atoms with Crippen molar-refractivity contribution in [2.75, 3.05) is 0 Å². The summed E-state index contributed by atoms with van der Waals surface area (Å²) < 4.78 is 7.01. The summed E-state index contributed by atoms with van der Waals surface area (Å²) in [6, 6.07) is 16.2. The van der Waals surface area contributed by atoms with Crippen molar-refractivity contribution in [1.82, 2.24) is 0 Å². The van der Waals surface area contributed by atoms with Crippen LogP contribution in [-0.2, 0) is 6.61 Å². The molecule has 3 heteroatoms. The van der Waals surface area contributed by atoms with E-state index in [1.807, 2.05) is 36.4 Å². The van der Waals surface area contributed by atoms with Crippen molar-refractivity contribution in [3.63, 3.8) is 0 Å². The van der Waals surface area contributed by atoms with Crippen LogP contribution in [0.2, 0.25) is 5.02 Å². The predicted molar refractivity (Wildman–Crippen MR) is 82.3 cm³/mol. The summed E-state index contributed by atoms with van der Waals surface area (Å²) in [5.41, 5.74) is 1.21. The smallest absolute Gasteiger partial charge is 0.122 e. The normalized spacial score (nSPS) is 10.8. The average Bonchev–Trinajstić information content (AvgIpc) is 2.78. The van der Waals surface area contributed by atoms with E-state index in [0.29, 0.717) is 6.61 Å². The van der Waals surface area contributed by atoms with Gasteiger partial charge in [-0.25, -0.2) is 0 Å². The lowest BCUT2D eigenvalue weighted by atomic mass is 10.2. The molecule has 0 radical (unpaired) electrons. The molecule has 1 aromatic heterocycles. The summed E-state index contributed by atoms with van der Waals surface area (Å²) in [6.07, 6.45) is 0. The second-order valence-corrected chi connectivity index (χ2v) is 6.10. The standard InChI is InChI=1S/C16H13ClOS/c1-11-3-2-4-14(7-11)18-10-15-8-12-5-6-13(17)9-16(12)19-15/h2-9H,10H2,1H3. The Kier molecular flexibility index (Phi) is 3.45. The third-order valence-corrected chi connectivity index (χ3v) is 4.21. The van der Waals surface area contributed by atoms with Crippen LogP contribution in [0.5, 0.6) is 5.75 Å². The van der Waals surface area contributed by atoms with E-state index in [1.165, 1.54) is 20.5 Å². The second-order valence-electron chi connectivity index (χ2n) is 4.50. The topological polar surface area (TPSA) is 9.23 Å². The van der Waals surface area contributed by atoms with Crippen LogP contribution in [0, 0.1) is 6.92 Å². The lowest BCUT2D eigenvalue weighted by molar-refractivity contribution is 0.309. The molecule has 2 aromatic carbocycles. The van der Waals surface area contributed by atoms with Gasteiger partial charge in [0.1, 0.15) is 12.4 Å². The van der Waals surface area contributed by atoms with Gasteiger partial charge in [-0.1, -0.05) is 29.8 Å². The molecule has 0 aliphatic heterocycles. The van der Waals surface area contributed by atoms with Gasteiger partial charge in [-0.3, -0.25) is 0 Å². The van der Waals surface area contributed by atoms with Crippen molar-refractivity contribution in [1.29, 1.82) is 0 Å². The molecule has 96 valence electrons. The molecule has 0 saturated carbocycles. The summed E-state index contributed by atoms with van der Waals surface area (Å²) >= 11 is 7.72. The van der Waals surface area contributed by atoms with Crippen LogP contribution in [-0.4, -0.2) is 0 Å². The lowest BCUT2D eigenvalue weighted by Crippen LogP contribution is -1.92. The maximum absolute atomic E-state index is 5.99. The molecule has 3 rings (SSSR count). The molecule has 0 N–H and O–H groups in total. The number of ether oxygens (including phenoxy) is 1. The van der Waals surface area contributed by atoms with Gasteiger partial charge >= 0.3 is 0 Å². The Balaban J connectivity index is 1.78. The molecule has 1 heterocycles. The third kappa shape index (κ3) is 2.91. The molecule has 0 unspecified atom stereocenters. The number of halogens is 1. The maximum Gasteiger partial charge on any atom is 0.122 e. The number of benzene rings is 2. The molecular formula is C16H13ClOS. The van der Waals surface area contributed by atoms with E-state index in [2.05, 4.69) is 19.1 Å². The molecule has 0 bridgehead atoms. The van der Waals surface area contributed by atoms with Crippen molar-refractivity contribution in [2.45, 2.75) is 13.5 Å². The number of fused-ring (bicyclic) bond motifs is 1. The molecular weight excluding hydrogens is 276 g/mol. The highest BCUT2D eigenvalue weighted by Crippen LogP contribution is 2.29. The SMILES string of the molecule is Cc1cccc(OCc2cc3ccc(Cl)cc3s2)c1. The first-order chi connectivity index (χ1) is 9.20. The number of hydrogen-bond acceptors (Lipinski definition) is 2. The Hall–Kier alpha value is -1.51. The van der Waals surface area contributed by atoms with Gasteiger partial charge < -0.3 is 4.74 Å². The van der Waals surface area contributed by atoms with Gasteiger partial charge in [0.25, 0.3) is 0 Å². The van der Waals surface area contributed by atoms with Crippen molar-refractivity contribution < 1.29 is 4.74 Å².